The highest BCUT2D eigenvalue weighted by Gasteiger charge is 2.21. The summed E-state index contributed by atoms with van der Waals surface area (Å²) in [5.74, 6) is -0.208. The molecule has 0 saturated carbocycles. The Labute approximate surface area is 178 Å². The van der Waals surface area contributed by atoms with Gasteiger partial charge in [0.15, 0.2) is 0 Å². The maximum atomic E-state index is 12.6. The van der Waals surface area contributed by atoms with Crippen LogP contribution in [0.3, 0.4) is 0 Å². The Morgan fingerprint density at radius 3 is 2.57 bits per heavy atom. The van der Waals surface area contributed by atoms with E-state index >= 15 is 0 Å². The van der Waals surface area contributed by atoms with E-state index in [4.69, 9.17) is 9.47 Å². The minimum Gasteiger partial charge on any atom is -0.495 e. The number of para-hydroxylation sites is 1. The number of ether oxygens (including phenoxy) is 2. The Morgan fingerprint density at radius 1 is 1.17 bits per heavy atom. The summed E-state index contributed by atoms with van der Waals surface area (Å²) in [5, 5.41) is 4.15. The number of hydrogen-bond acceptors (Lipinski definition) is 6. The van der Waals surface area contributed by atoms with E-state index in [1.54, 1.807) is 23.8 Å². The van der Waals surface area contributed by atoms with E-state index in [1.807, 2.05) is 32.9 Å². The van der Waals surface area contributed by atoms with Crippen molar-refractivity contribution >= 4 is 39.1 Å². The van der Waals surface area contributed by atoms with Crippen molar-refractivity contribution in [1.29, 1.82) is 0 Å². The van der Waals surface area contributed by atoms with Gasteiger partial charge < -0.3 is 19.4 Å². The molecule has 1 aromatic carbocycles. The number of esters is 1. The first kappa shape index (κ1) is 21.6. The molecule has 158 valence electrons. The van der Waals surface area contributed by atoms with Crippen LogP contribution in [0.5, 0.6) is 5.75 Å². The zero-order valence-electron chi connectivity index (χ0n) is 17.6. The Balaban J connectivity index is 1.88. The summed E-state index contributed by atoms with van der Waals surface area (Å²) in [7, 11) is 2.86. The maximum absolute atomic E-state index is 12.6. The standard InChI is InChI=1S/C22H24N2O5S/c1-12-11-18(26)24(20-15(12)7-6-8-16(20)28-4)10-9-17(25)23-21-19(22(27)29-5)13(2)14(3)30-21/h6-8,11H,9-10H2,1-5H3,(H,23,25). The van der Waals surface area contributed by atoms with Crippen molar-refractivity contribution in [3.05, 3.63) is 56.2 Å². The van der Waals surface area contributed by atoms with Gasteiger partial charge in [-0.2, -0.15) is 0 Å². The molecule has 0 fully saturated rings. The molecule has 0 spiro atoms. The Kier molecular flexibility index (Phi) is 6.26. The molecule has 3 rings (SSSR count). The summed E-state index contributed by atoms with van der Waals surface area (Å²) in [4.78, 5) is 38.3. The third-order valence-electron chi connectivity index (χ3n) is 5.11. The largest absolute Gasteiger partial charge is 0.495 e. The van der Waals surface area contributed by atoms with E-state index in [0.717, 1.165) is 21.4 Å². The van der Waals surface area contributed by atoms with Crippen molar-refractivity contribution in [2.24, 2.45) is 0 Å². The van der Waals surface area contributed by atoms with Crippen LogP contribution < -0.4 is 15.6 Å². The maximum Gasteiger partial charge on any atom is 0.341 e. The van der Waals surface area contributed by atoms with Gasteiger partial charge in [0.2, 0.25) is 5.91 Å². The lowest BCUT2D eigenvalue weighted by Crippen LogP contribution is -2.24. The van der Waals surface area contributed by atoms with Gasteiger partial charge in [-0.25, -0.2) is 4.79 Å². The van der Waals surface area contributed by atoms with Crippen LogP contribution in [0, 0.1) is 20.8 Å². The highest BCUT2D eigenvalue weighted by molar-refractivity contribution is 7.16. The molecule has 0 bridgehead atoms. The third kappa shape index (κ3) is 3.95. The van der Waals surface area contributed by atoms with E-state index in [-0.39, 0.29) is 24.4 Å². The predicted octanol–water partition coefficient (Wildman–Crippen LogP) is 3.81. The molecule has 0 saturated heterocycles. The number of benzene rings is 1. The van der Waals surface area contributed by atoms with Crippen LogP contribution in [0.15, 0.2) is 29.1 Å². The molecule has 0 aliphatic carbocycles. The van der Waals surface area contributed by atoms with Crippen molar-refractivity contribution in [3.8, 4) is 5.75 Å². The molecule has 1 N–H and O–H groups in total. The van der Waals surface area contributed by atoms with Crippen molar-refractivity contribution < 1.29 is 19.1 Å². The Hall–Kier alpha value is -3.13. The summed E-state index contributed by atoms with van der Waals surface area (Å²) >= 11 is 1.33. The number of aryl methyl sites for hydroxylation is 3. The van der Waals surface area contributed by atoms with Crippen LogP contribution in [0.25, 0.3) is 10.9 Å². The highest BCUT2D eigenvalue weighted by atomic mass is 32.1. The van der Waals surface area contributed by atoms with Gasteiger partial charge in [0, 0.05) is 29.3 Å². The van der Waals surface area contributed by atoms with Gasteiger partial charge in [-0.1, -0.05) is 12.1 Å². The van der Waals surface area contributed by atoms with Crippen molar-refractivity contribution in [3.63, 3.8) is 0 Å². The molecule has 8 heteroatoms. The number of thiophene rings is 1. The number of hydrogen-bond donors (Lipinski definition) is 1. The van der Waals surface area contributed by atoms with Crippen LogP contribution in [0.1, 0.15) is 32.8 Å². The third-order valence-corrected chi connectivity index (χ3v) is 6.23. The second kappa shape index (κ2) is 8.71. The van der Waals surface area contributed by atoms with E-state index in [0.29, 0.717) is 21.8 Å². The number of fused-ring (bicyclic) bond motifs is 1. The summed E-state index contributed by atoms with van der Waals surface area (Å²) < 4.78 is 11.8. The van der Waals surface area contributed by atoms with E-state index in [9.17, 15) is 14.4 Å². The fourth-order valence-corrected chi connectivity index (χ4v) is 4.49. The first-order valence-electron chi connectivity index (χ1n) is 9.43. The van der Waals surface area contributed by atoms with Crippen LogP contribution in [-0.4, -0.2) is 30.7 Å². The number of anilines is 1. The summed E-state index contributed by atoms with van der Waals surface area (Å²) in [6.45, 7) is 5.75. The summed E-state index contributed by atoms with van der Waals surface area (Å²) in [5.41, 5.74) is 2.47. The minimum atomic E-state index is -0.488. The van der Waals surface area contributed by atoms with Gasteiger partial charge in [0.05, 0.1) is 25.3 Å². The molecule has 0 aliphatic rings. The number of carbonyl (C=O) groups excluding carboxylic acids is 2. The van der Waals surface area contributed by atoms with Gasteiger partial charge in [-0.05, 0) is 38.0 Å². The quantitative estimate of drug-likeness (QED) is 0.604. The van der Waals surface area contributed by atoms with Crippen LogP contribution >= 0.6 is 11.3 Å². The van der Waals surface area contributed by atoms with Gasteiger partial charge in [0.25, 0.3) is 5.56 Å². The monoisotopic (exact) mass is 428 g/mol. The normalized spacial score (nSPS) is 10.8. The van der Waals surface area contributed by atoms with Crippen molar-refractivity contribution in [2.45, 2.75) is 33.7 Å². The van der Waals surface area contributed by atoms with Crippen LogP contribution in [0.4, 0.5) is 5.00 Å². The molecule has 2 heterocycles. The molecule has 0 unspecified atom stereocenters. The molecule has 0 radical (unpaired) electrons. The van der Waals surface area contributed by atoms with Crippen LogP contribution in [-0.2, 0) is 16.1 Å². The number of aromatic nitrogens is 1. The molecule has 2 aromatic heterocycles. The molecule has 3 aromatic rings. The Morgan fingerprint density at radius 2 is 1.90 bits per heavy atom. The van der Waals surface area contributed by atoms with E-state index in [2.05, 4.69) is 5.32 Å². The number of amides is 1. The topological polar surface area (TPSA) is 86.6 Å². The smallest absolute Gasteiger partial charge is 0.341 e. The molecule has 1 amide bonds. The molecular weight excluding hydrogens is 404 g/mol. The van der Waals surface area contributed by atoms with E-state index < -0.39 is 5.97 Å². The lowest BCUT2D eigenvalue weighted by Gasteiger charge is -2.15. The molecule has 0 aliphatic heterocycles. The number of rotatable bonds is 6. The number of nitrogens with zero attached hydrogens (tertiary/aromatic N) is 1. The molecule has 7 nitrogen and oxygen atoms in total. The summed E-state index contributed by atoms with van der Waals surface area (Å²) in [6, 6.07) is 7.13. The molecule has 0 atom stereocenters. The zero-order chi connectivity index (χ0) is 22.0. The number of pyridine rings is 1. The first-order chi connectivity index (χ1) is 14.3. The molecule has 30 heavy (non-hydrogen) atoms. The lowest BCUT2D eigenvalue weighted by molar-refractivity contribution is -0.116. The van der Waals surface area contributed by atoms with Gasteiger partial charge >= 0.3 is 5.97 Å². The lowest BCUT2D eigenvalue weighted by atomic mass is 10.1. The fraction of sp³-hybridized carbons (Fsp3) is 0.318. The second-order valence-electron chi connectivity index (χ2n) is 6.95. The van der Waals surface area contributed by atoms with Gasteiger partial charge in [-0.15, -0.1) is 11.3 Å². The van der Waals surface area contributed by atoms with E-state index in [1.165, 1.54) is 18.4 Å². The average Bonchev–Trinajstić information content (AvgIpc) is 2.99. The van der Waals surface area contributed by atoms with Gasteiger partial charge in [-0.3, -0.25) is 9.59 Å². The fourth-order valence-electron chi connectivity index (χ4n) is 3.42. The predicted molar refractivity (Wildman–Crippen MR) is 118 cm³/mol. The van der Waals surface area contributed by atoms with Crippen LogP contribution in [0.2, 0.25) is 0 Å². The number of nitrogens with one attached hydrogen (secondary N) is 1. The Bertz CT molecular complexity index is 1190. The molecular formula is C22H24N2O5S. The van der Waals surface area contributed by atoms with Crippen molar-refractivity contribution in [2.75, 3.05) is 19.5 Å². The van der Waals surface area contributed by atoms with Crippen molar-refractivity contribution in [1.82, 2.24) is 4.57 Å². The first-order valence-corrected chi connectivity index (χ1v) is 10.3. The highest BCUT2D eigenvalue weighted by Crippen LogP contribution is 2.33. The summed E-state index contributed by atoms with van der Waals surface area (Å²) in [6.07, 6.45) is 0.0622. The van der Waals surface area contributed by atoms with Gasteiger partial charge in [0.1, 0.15) is 10.8 Å². The minimum absolute atomic E-state index is 0.0622. The number of methoxy groups -OCH3 is 2. The SMILES string of the molecule is COC(=O)c1c(NC(=O)CCn2c(=O)cc(C)c3cccc(OC)c32)sc(C)c1C. The average molecular weight is 429 g/mol. The number of carbonyl (C=O) groups is 2. The zero-order valence-corrected chi connectivity index (χ0v) is 18.4. The second-order valence-corrected chi connectivity index (χ2v) is 8.18.